The van der Waals surface area contributed by atoms with Crippen LogP contribution in [-0.2, 0) is 49.6 Å². The average molecular weight is 1280 g/mol. The lowest BCUT2D eigenvalue weighted by Crippen LogP contribution is -2.55. The molecule has 1 saturated heterocycles. The van der Waals surface area contributed by atoms with Crippen LogP contribution in [0.15, 0.2) is 104 Å². The summed E-state index contributed by atoms with van der Waals surface area (Å²) in [5, 5.41) is 12.2. The minimum atomic E-state index is -4.22. The number of hydrogen-bond donors (Lipinski definition) is 3. The Kier molecular flexibility index (Phi) is 17.6. The molecule has 13 atom stereocenters. The van der Waals surface area contributed by atoms with Crippen molar-refractivity contribution in [1.29, 1.82) is 0 Å². The average Bonchev–Trinajstić information content (AvgIpc) is 1.55. The van der Waals surface area contributed by atoms with Crippen molar-refractivity contribution in [3.63, 3.8) is 0 Å². The number of nitrogens with zero attached hydrogens (tertiary/aromatic N) is 2. The van der Waals surface area contributed by atoms with Crippen molar-refractivity contribution < 1.29 is 45.7 Å². The predicted octanol–water partition coefficient (Wildman–Crippen LogP) is 12.8. The summed E-state index contributed by atoms with van der Waals surface area (Å²) in [6, 6.07) is 20.9. The molecular weight excluding hydrogens is 1190 g/mol. The van der Waals surface area contributed by atoms with Crippen LogP contribution in [0, 0.1) is 41.4 Å². The molecule has 8 aliphatic rings. The van der Waals surface area contributed by atoms with Crippen LogP contribution < -0.4 is 28.7 Å². The molecule has 472 valence electrons. The van der Waals surface area contributed by atoms with Gasteiger partial charge in [-0.3, -0.25) is 9.59 Å². The van der Waals surface area contributed by atoms with E-state index in [0.29, 0.717) is 91.4 Å². The molecule has 0 aromatic heterocycles. The molecule has 88 heavy (non-hydrogen) atoms. The number of allylic oxidation sites excluding steroid dienone is 2. The highest BCUT2D eigenvalue weighted by Crippen LogP contribution is 2.57. The molecule has 14 nitrogen and oxygen atoms in total. The molecule has 3 aliphatic carbocycles. The molecule has 1 unspecified atom stereocenters. The number of nitrogens with one attached hydrogen (secondary N) is 2. The third kappa shape index (κ3) is 12.1. The minimum absolute atomic E-state index is 0.00228. The van der Waals surface area contributed by atoms with Gasteiger partial charge in [0.05, 0.1) is 46.3 Å². The van der Waals surface area contributed by atoms with Gasteiger partial charge in [0.2, 0.25) is 20.0 Å². The summed E-state index contributed by atoms with van der Waals surface area (Å²) >= 11 is 13.3. The zero-order valence-electron chi connectivity index (χ0n) is 51.4. The molecule has 3 fully saturated rings. The van der Waals surface area contributed by atoms with Crippen LogP contribution in [-0.4, -0.2) is 94.9 Å². The number of anilines is 2. The van der Waals surface area contributed by atoms with Crippen molar-refractivity contribution >= 4 is 66.4 Å². The monoisotopic (exact) mass is 1280 g/mol. The van der Waals surface area contributed by atoms with E-state index >= 15 is 4.79 Å². The molecule has 3 N–H and O–H groups in total. The quantitative estimate of drug-likeness (QED) is 0.165. The maximum absolute atomic E-state index is 15.1. The molecule has 2 amide bonds. The van der Waals surface area contributed by atoms with Crippen molar-refractivity contribution in [3.05, 3.63) is 153 Å². The zero-order chi connectivity index (χ0) is 62.1. The van der Waals surface area contributed by atoms with Gasteiger partial charge in [-0.25, -0.2) is 26.3 Å². The van der Waals surface area contributed by atoms with E-state index < -0.39 is 70.8 Å². The van der Waals surface area contributed by atoms with Gasteiger partial charge in [-0.15, -0.1) is 6.58 Å². The fourth-order valence-electron chi connectivity index (χ4n) is 16.1. The maximum Gasteiger partial charge on any atom is 0.264 e. The Hall–Kier alpha value is -5.36. The van der Waals surface area contributed by atoms with E-state index in [1.54, 1.807) is 38.1 Å². The van der Waals surface area contributed by atoms with Crippen molar-refractivity contribution in [2.24, 2.45) is 41.4 Å². The molecule has 5 aliphatic heterocycles. The number of sulfonamides is 2. The number of halogens is 2. The van der Waals surface area contributed by atoms with E-state index in [4.69, 9.17) is 37.4 Å². The van der Waals surface area contributed by atoms with Gasteiger partial charge in [0, 0.05) is 64.2 Å². The maximum atomic E-state index is 15.1. The van der Waals surface area contributed by atoms with Crippen molar-refractivity contribution in [2.75, 3.05) is 49.2 Å². The lowest BCUT2D eigenvalue weighted by Gasteiger charge is -2.52. The lowest BCUT2D eigenvalue weighted by atomic mass is 9.57. The van der Waals surface area contributed by atoms with E-state index in [9.17, 15) is 26.7 Å². The molecular formula is C70H86Cl2N4O10S2. The Balaban J connectivity index is 0.972. The summed E-state index contributed by atoms with van der Waals surface area (Å²) in [7, 11) is -8.37. The normalized spacial score (nSPS) is 34.6. The second kappa shape index (κ2) is 24.7. The zero-order valence-corrected chi connectivity index (χ0v) is 54.6. The highest BCUT2D eigenvalue weighted by molar-refractivity contribution is 7.91. The number of hydrogen-bond acceptors (Lipinski definition) is 12. The molecule has 4 aromatic rings. The second-order valence-corrected chi connectivity index (χ2v) is 32.4. The van der Waals surface area contributed by atoms with Crippen molar-refractivity contribution in [2.45, 2.75) is 158 Å². The minimum Gasteiger partial charge on any atom is -0.490 e. The van der Waals surface area contributed by atoms with Gasteiger partial charge in [0.15, 0.2) is 0 Å². The fraction of sp³-hybridized carbons (Fsp3) is 0.543. The molecule has 4 bridgehead atoms. The second-order valence-electron chi connectivity index (χ2n) is 27.5. The number of rotatable bonds is 3. The molecule has 5 heterocycles. The molecule has 12 rings (SSSR count). The van der Waals surface area contributed by atoms with Crippen LogP contribution in [0.5, 0.6) is 11.5 Å². The van der Waals surface area contributed by atoms with Gasteiger partial charge in [-0.2, -0.15) is 0 Å². The van der Waals surface area contributed by atoms with Gasteiger partial charge < -0.3 is 29.1 Å². The SMILES string of the molecule is C=CC[C@@]1(O)/C=C/C[C@H](C)[C@@H](C)S(=O)(=O)NC(=O)c2cc(C3CO[C@@]4(/C=C/C[C@H](C)[C@@H](C)S(=O)(=O)NC(=O)c5ccc6c(c5)N(CCCCc5cc(Cl)ccc5CO6)C[C@@H]5CC[C@H]54)C3)c3c(c2)N(C[C@@H]2[C@H](C)C[C@H]21)C[C@@]1(CCCc2cc(Cl)ccc21)CO3. The van der Waals surface area contributed by atoms with Gasteiger partial charge in [0.1, 0.15) is 18.1 Å². The number of carbonyl (C=O) groups is 2. The number of amides is 2. The predicted molar refractivity (Wildman–Crippen MR) is 348 cm³/mol. The van der Waals surface area contributed by atoms with Gasteiger partial charge >= 0.3 is 0 Å². The summed E-state index contributed by atoms with van der Waals surface area (Å²) in [6.07, 6.45) is 19.1. The third-order valence-corrected chi connectivity index (χ3v) is 26.3. The smallest absolute Gasteiger partial charge is 0.264 e. The topological polar surface area (TPSA) is 181 Å². The van der Waals surface area contributed by atoms with Crippen molar-refractivity contribution in [1.82, 2.24) is 9.44 Å². The first-order valence-corrected chi connectivity index (χ1v) is 35.9. The number of ether oxygens (including phenoxy) is 3. The molecule has 0 radical (unpaired) electrons. The summed E-state index contributed by atoms with van der Waals surface area (Å²) in [5.41, 5.74) is 4.52. The number of carbonyl (C=O) groups excluding carboxylic acids is 2. The van der Waals surface area contributed by atoms with Crippen LogP contribution in [0.3, 0.4) is 0 Å². The van der Waals surface area contributed by atoms with Crippen LogP contribution in [0.4, 0.5) is 11.4 Å². The number of benzene rings is 4. The van der Waals surface area contributed by atoms with E-state index in [2.05, 4.69) is 57.0 Å². The number of fused-ring (bicyclic) bond motifs is 8. The fourth-order valence-corrected chi connectivity index (χ4v) is 19.1. The molecule has 4 aromatic carbocycles. The summed E-state index contributed by atoms with van der Waals surface area (Å²) in [4.78, 5) is 33.8. The van der Waals surface area contributed by atoms with Crippen molar-refractivity contribution in [3.8, 4) is 11.5 Å². The van der Waals surface area contributed by atoms with Crippen LogP contribution in [0.2, 0.25) is 10.0 Å². The van der Waals surface area contributed by atoms with Crippen LogP contribution >= 0.6 is 23.2 Å². The summed E-state index contributed by atoms with van der Waals surface area (Å²) in [5.74, 6) is -1.07. The highest BCUT2D eigenvalue weighted by Gasteiger charge is 2.55. The summed E-state index contributed by atoms with van der Waals surface area (Å²) < 4.78 is 83.6. The Morgan fingerprint density at radius 2 is 1.42 bits per heavy atom. The van der Waals surface area contributed by atoms with Gasteiger partial charge in [0.25, 0.3) is 11.8 Å². The van der Waals surface area contributed by atoms with Gasteiger partial charge in [-0.1, -0.05) is 86.5 Å². The Bertz CT molecular complexity index is 3670. The molecule has 2 saturated carbocycles. The molecule has 18 heteroatoms. The first-order chi connectivity index (χ1) is 42.0. The first kappa shape index (κ1) is 62.8. The van der Waals surface area contributed by atoms with Gasteiger partial charge in [-0.05, 0) is 216 Å². The highest BCUT2D eigenvalue weighted by atomic mass is 35.5. The summed E-state index contributed by atoms with van der Waals surface area (Å²) in [6.45, 7) is 16.6. The van der Waals surface area contributed by atoms with E-state index in [-0.39, 0.29) is 59.8 Å². The Morgan fingerprint density at radius 1 is 0.727 bits per heavy atom. The lowest BCUT2D eigenvalue weighted by molar-refractivity contribution is -0.0731. The van der Waals surface area contributed by atoms with E-state index in [0.717, 1.165) is 74.5 Å². The number of aliphatic hydroxyl groups is 1. The number of aryl methyl sites for hydroxylation is 2. The Labute approximate surface area is 530 Å². The molecule has 2 spiro atoms. The standard InChI is InChI=1S/C70H86Cl2N4O10S2/c1-7-25-69(79)27-10-13-43(2)46(5)88(82,83)74-67(78)53-33-57(65-63(35-53)76(38-58-45(4)30-61(58)69)41-68(42-85-65)26-12-16-49-32-56(72)21-23-59(49)68)54-36-70(86-40-54)28-11-14-44(3)47(6)87(80,81)73-66(77)50-19-24-64-62(34-50)75(37-51-18-22-60(51)70)29-9-8-15-48-31-55(71)20-17-52(48)39-84-64/h7,10-11,17,19-21,23-24,27-28,31-35,43-47,51,54,58,60-61,79H,1,8-9,12-16,18,22,25-26,29-30,36-42H2,2-6H3,(H,73,77)(H,74,78)/b27-10+,28-11+/t43-,44-,45+,46+,47+,51-,54?,58+,60+,61+,68-,69+,70-/m0/s1. The van der Waals surface area contributed by atoms with Crippen LogP contribution in [0.1, 0.15) is 160 Å². The first-order valence-electron chi connectivity index (χ1n) is 32.1. The third-order valence-electron chi connectivity index (χ3n) is 22.0. The Morgan fingerprint density at radius 3 is 2.14 bits per heavy atom. The van der Waals surface area contributed by atoms with E-state index in [1.165, 1.54) is 11.1 Å². The van der Waals surface area contributed by atoms with Crippen LogP contribution in [0.25, 0.3) is 0 Å². The van der Waals surface area contributed by atoms with E-state index in [1.807, 2.05) is 62.4 Å². The largest absolute Gasteiger partial charge is 0.490 e.